The summed E-state index contributed by atoms with van der Waals surface area (Å²) in [7, 11) is 0. The molecule has 4 N–H and O–H groups in total. The first-order valence-electron chi connectivity index (χ1n) is 6.67. The van der Waals surface area contributed by atoms with Crippen LogP contribution < -0.4 is 16.4 Å². The number of hydrogen-bond acceptors (Lipinski definition) is 3. The molecule has 0 aliphatic rings. The van der Waals surface area contributed by atoms with Gasteiger partial charge in [0, 0.05) is 31.4 Å². The first kappa shape index (κ1) is 13.6. The molecule has 0 bridgehead atoms. The lowest BCUT2D eigenvalue weighted by atomic mass is 10.1. The number of anilines is 1. The van der Waals surface area contributed by atoms with Crippen LogP contribution in [0.5, 0.6) is 0 Å². The molecule has 2 rings (SSSR count). The van der Waals surface area contributed by atoms with Gasteiger partial charge in [-0.25, -0.2) is 0 Å². The van der Waals surface area contributed by atoms with Gasteiger partial charge < -0.3 is 16.4 Å². The Morgan fingerprint density at radius 3 is 2.16 bits per heavy atom. The minimum Gasteiger partial charge on any atom is -0.383 e. The maximum absolute atomic E-state index is 5.58. The molecule has 0 aliphatic heterocycles. The van der Waals surface area contributed by atoms with Crippen molar-refractivity contribution >= 4 is 5.69 Å². The maximum Gasteiger partial charge on any atom is 0.0496 e. The smallest absolute Gasteiger partial charge is 0.0496 e. The third kappa shape index (κ3) is 4.39. The Kier molecular flexibility index (Phi) is 5.41. The molecule has 0 amide bonds. The van der Waals surface area contributed by atoms with Gasteiger partial charge in [0.1, 0.15) is 0 Å². The number of nitrogens with one attached hydrogen (secondary N) is 2. The molecule has 0 radical (unpaired) electrons. The highest BCUT2D eigenvalue weighted by Gasteiger charge is 2.09. The van der Waals surface area contributed by atoms with E-state index in [2.05, 4.69) is 47.0 Å². The molecule has 0 aromatic heterocycles. The average Bonchev–Trinajstić information content (AvgIpc) is 2.49. The van der Waals surface area contributed by atoms with Gasteiger partial charge in [-0.05, 0) is 17.7 Å². The molecule has 0 fully saturated rings. The summed E-state index contributed by atoms with van der Waals surface area (Å²) in [6.07, 6.45) is 0. The van der Waals surface area contributed by atoms with Gasteiger partial charge in [0.2, 0.25) is 0 Å². The van der Waals surface area contributed by atoms with Gasteiger partial charge in [0.25, 0.3) is 0 Å². The van der Waals surface area contributed by atoms with Crippen molar-refractivity contribution in [2.75, 3.05) is 25.0 Å². The maximum atomic E-state index is 5.58. The molecule has 0 spiro atoms. The topological polar surface area (TPSA) is 50.1 Å². The quantitative estimate of drug-likeness (QED) is 0.712. The van der Waals surface area contributed by atoms with E-state index in [1.165, 1.54) is 5.56 Å². The van der Waals surface area contributed by atoms with E-state index >= 15 is 0 Å². The molecule has 0 aliphatic carbocycles. The minimum absolute atomic E-state index is 0.268. The molecule has 2 aromatic carbocycles. The Hall–Kier alpha value is -1.84. The summed E-state index contributed by atoms with van der Waals surface area (Å²) in [5.74, 6) is 0. The van der Waals surface area contributed by atoms with E-state index in [4.69, 9.17) is 5.73 Å². The van der Waals surface area contributed by atoms with Crippen molar-refractivity contribution in [1.29, 1.82) is 0 Å². The van der Waals surface area contributed by atoms with Crippen LogP contribution in [0.3, 0.4) is 0 Å². The highest BCUT2D eigenvalue weighted by Crippen LogP contribution is 2.14. The van der Waals surface area contributed by atoms with Crippen molar-refractivity contribution in [3.8, 4) is 0 Å². The van der Waals surface area contributed by atoms with Crippen LogP contribution in [0.2, 0.25) is 0 Å². The predicted molar refractivity (Wildman–Crippen MR) is 81.2 cm³/mol. The Bertz CT molecular complexity index is 456. The average molecular weight is 255 g/mol. The number of nitrogens with two attached hydrogens (primary N) is 1. The highest BCUT2D eigenvalue weighted by molar-refractivity contribution is 5.43. The van der Waals surface area contributed by atoms with E-state index in [1.807, 2.05) is 24.3 Å². The van der Waals surface area contributed by atoms with Crippen molar-refractivity contribution in [3.05, 3.63) is 66.2 Å². The SMILES string of the molecule is NCCNC(CNc1ccccc1)c1ccccc1. The second kappa shape index (κ2) is 7.56. The molecule has 0 heterocycles. The zero-order chi connectivity index (χ0) is 13.3. The highest BCUT2D eigenvalue weighted by atomic mass is 15.0. The molecule has 19 heavy (non-hydrogen) atoms. The Labute approximate surface area is 114 Å². The lowest BCUT2D eigenvalue weighted by Gasteiger charge is -2.20. The molecule has 0 saturated carbocycles. The third-order valence-electron chi connectivity index (χ3n) is 3.02. The van der Waals surface area contributed by atoms with Crippen LogP contribution in [0.1, 0.15) is 11.6 Å². The van der Waals surface area contributed by atoms with Gasteiger partial charge >= 0.3 is 0 Å². The lowest BCUT2D eigenvalue weighted by molar-refractivity contribution is 0.561. The normalized spacial score (nSPS) is 12.1. The van der Waals surface area contributed by atoms with Crippen LogP contribution in [-0.4, -0.2) is 19.6 Å². The van der Waals surface area contributed by atoms with Gasteiger partial charge in [0.05, 0.1) is 0 Å². The standard InChI is InChI=1S/C16H21N3/c17-11-12-18-16(14-7-3-1-4-8-14)13-19-15-9-5-2-6-10-15/h1-10,16,18-19H,11-13,17H2. The fourth-order valence-corrected chi connectivity index (χ4v) is 2.03. The zero-order valence-electron chi connectivity index (χ0n) is 11.0. The second-order valence-corrected chi connectivity index (χ2v) is 4.45. The van der Waals surface area contributed by atoms with Gasteiger partial charge in [-0.3, -0.25) is 0 Å². The number of rotatable bonds is 7. The molecular weight excluding hydrogens is 234 g/mol. The Balaban J connectivity index is 1.98. The van der Waals surface area contributed by atoms with Crippen molar-refractivity contribution < 1.29 is 0 Å². The van der Waals surface area contributed by atoms with Gasteiger partial charge in [-0.2, -0.15) is 0 Å². The molecule has 3 nitrogen and oxygen atoms in total. The largest absolute Gasteiger partial charge is 0.383 e. The van der Waals surface area contributed by atoms with Crippen molar-refractivity contribution in [1.82, 2.24) is 5.32 Å². The second-order valence-electron chi connectivity index (χ2n) is 4.45. The van der Waals surface area contributed by atoms with Crippen molar-refractivity contribution in [3.63, 3.8) is 0 Å². The Morgan fingerprint density at radius 2 is 1.53 bits per heavy atom. The van der Waals surface area contributed by atoms with E-state index in [-0.39, 0.29) is 6.04 Å². The number of benzene rings is 2. The van der Waals surface area contributed by atoms with Gasteiger partial charge in [0.15, 0.2) is 0 Å². The molecular formula is C16H21N3. The van der Waals surface area contributed by atoms with Crippen LogP contribution in [0, 0.1) is 0 Å². The van der Waals surface area contributed by atoms with E-state index in [9.17, 15) is 0 Å². The van der Waals surface area contributed by atoms with Crippen LogP contribution in [0.15, 0.2) is 60.7 Å². The molecule has 0 saturated heterocycles. The van der Waals surface area contributed by atoms with Crippen LogP contribution >= 0.6 is 0 Å². The minimum atomic E-state index is 0.268. The van der Waals surface area contributed by atoms with E-state index in [0.717, 1.165) is 18.8 Å². The summed E-state index contributed by atoms with van der Waals surface area (Å²) in [5, 5.41) is 6.92. The number of hydrogen-bond donors (Lipinski definition) is 3. The van der Waals surface area contributed by atoms with E-state index in [0.29, 0.717) is 6.54 Å². The zero-order valence-corrected chi connectivity index (χ0v) is 11.0. The fraction of sp³-hybridized carbons (Fsp3) is 0.250. The first-order valence-corrected chi connectivity index (χ1v) is 6.67. The summed E-state index contributed by atoms with van der Waals surface area (Å²) < 4.78 is 0. The van der Waals surface area contributed by atoms with Gasteiger partial charge in [-0.1, -0.05) is 48.5 Å². The van der Waals surface area contributed by atoms with E-state index in [1.54, 1.807) is 0 Å². The summed E-state index contributed by atoms with van der Waals surface area (Å²) in [6.45, 7) is 2.30. The summed E-state index contributed by atoms with van der Waals surface area (Å²) >= 11 is 0. The van der Waals surface area contributed by atoms with Gasteiger partial charge in [-0.15, -0.1) is 0 Å². The molecule has 100 valence electrons. The molecule has 2 aromatic rings. The van der Waals surface area contributed by atoms with Crippen LogP contribution in [0.4, 0.5) is 5.69 Å². The number of para-hydroxylation sites is 1. The Morgan fingerprint density at radius 1 is 0.895 bits per heavy atom. The molecule has 1 unspecified atom stereocenters. The third-order valence-corrected chi connectivity index (χ3v) is 3.02. The van der Waals surface area contributed by atoms with Crippen LogP contribution in [-0.2, 0) is 0 Å². The molecule has 1 atom stereocenters. The summed E-state index contributed by atoms with van der Waals surface area (Å²) in [4.78, 5) is 0. The van der Waals surface area contributed by atoms with Crippen molar-refractivity contribution in [2.45, 2.75) is 6.04 Å². The summed E-state index contributed by atoms with van der Waals surface area (Å²) in [6, 6.07) is 21.0. The fourth-order valence-electron chi connectivity index (χ4n) is 2.03. The first-order chi connectivity index (χ1) is 9.40. The van der Waals surface area contributed by atoms with Crippen molar-refractivity contribution in [2.24, 2.45) is 5.73 Å². The monoisotopic (exact) mass is 255 g/mol. The van der Waals surface area contributed by atoms with Crippen LogP contribution in [0.25, 0.3) is 0 Å². The lowest BCUT2D eigenvalue weighted by Crippen LogP contribution is -2.31. The summed E-state index contributed by atoms with van der Waals surface area (Å²) in [5.41, 5.74) is 7.99. The molecule has 3 heteroatoms. The predicted octanol–water partition coefficient (Wildman–Crippen LogP) is 2.39. The van der Waals surface area contributed by atoms with E-state index < -0.39 is 0 Å².